The Bertz CT molecular complexity index is 130. The fourth-order valence-electron chi connectivity index (χ4n) is 0.798. The van der Waals surface area contributed by atoms with Crippen molar-refractivity contribution in [2.45, 2.75) is 19.9 Å². The third kappa shape index (κ3) is 5.43. The van der Waals surface area contributed by atoms with E-state index < -0.39 is 0 Å². The molecule has 3 nitrogen and oxygen atoms in total. The van der Waals surface area contributed by atoms with Crippen LogP contribution < -0.4 is 10.6 Å². The van der Waals surface area contributed by atoms with Gasteiger partial charge >= 0.3 is 0 Å². The molecule has 0 rings (SSSR count). The van der Waals surface area contributed by atoms with Crippen molar-refractivity contribution in [3.05, 3.63) is 0 Å². The summed E-state index contributed by atoms with van der Waals surface area (Å²) in [6.07, 6.45) is 2.05. The Balaban J connectivity index is 3.42. The average molecular weight is 190 g/mol. The molecular weight excluding hydrogens is 172 g/mol. The molecule has 2 N–H and O–H groups in total. The Morgan fingerprint density at radius 1 is 1.58 bits per heavy atom. The molecule has 0 aromatic heterocycles. The first-order valence-electron chi connectivity index (χ1n) is 4.22. The van der Waals surface area contributed by atoms with Crippen LogP contribution in [-0.4, -0.2) is 37.0 Å². The van der Waals surface area contributed by atoms with Gasteiger partial charge in [-0.1, -0.05) is 0 Å². The molecule has 0 saturated carbocycles. The van der Waals surface area contributed by atoms with Gasteiger partial charge in [0.1, 0.15) is 0 Å². The molecule has 12 heavy (non-hydrogen) atoms. The number of thioether (sulfide) groups is 1. The predicted octanol–water partition coefficient (Wildman–Crippen LogP) is 0.464. The van der Waals surface area contributed by atoms with Crippen molar-refractivity contribution in [1.82, 2.24) is 10.6 Å². The first kappa shape index (κ1) is 11.8. The van der Waals surface area contributed by atoms with Crippen LogP contribution in [0.4, 0.5) is 0 Å². The van der Waals surface area contributed by atoms with Crippen LogP contribution in [0.5, 0.6) is 0 Å². The molecule has 0 aromatic carbocycles. The highest BCUT2D eigenvalue weighted by Gasteiger charge is 2.09. The smallest absolute Gasteiger partial charge is 0.236 e. The summed E-state index contributed by atoms with van der Waals surface area (Å²) >= 11 is 1.77. The van der Waals surface area contributed by atoms with E-state index >= 15 is 0 Å². The molecule has 0 fully saturated rings. The van der Waals surface area contributed by atoms with E-state index in [2.05, 4.69) is 16.9 Å². The Morgan fingerprint density at radius 2 is 2.25 bits per heavy atom. The average Bonchev–Trinajstić information content (AvgIpc) is 2.05. The number of nitrogens with one attached hydrogen (secondary N) is 2. The van der Waals surface area contributed by atoms with Crippen LogP contribution in [-0.2, 0) is 4.79 Å². The van der Waals surface area contributed by atoms with Crippen molar-refractivity contribution >= 4 is 17.7 Å². The highest BCUT2D eigenvalue weighted by atomic mass is 32.2. The summed E-state index contributed by atoms with van der Waals surface area (Å²) < 4.78 is 0. The lowest BCUT2D eigenvalue weighted by molar-refractivity contribution is -0.122. The maximum absolute atomic E-state index is 11.2. The minimum Gasteiger partial charge on any atom is -0.355 e. The third-order valence-electron chi connectivity index (χ3n) is 1.50. The summed E-state index contributed by atoms with van der Waals surface area (Å²) in [5, 5.41) is 5.90. The standard InChI is InChI=1S/C8H18N2OS/c1-4-9-8(11)7(2)10-5-6-12-3/h7,10H,4-6H2,1-3H3,(H,9,11). The van der Waals surface area contributed by atoms with Gasteiger partial charge in [-0.15, -0.1) is 0 Å². The van der Waals surface area contributed by atoms with Crippen molar-refractivity contribution in [3.63, 3.8) is 0 Å². The van der Waals surface area contributed by atoms with Gasteiger partial charge < -0.3 is 10.6 Å². The number of hydrogen-bond acceptors (Lipinski definition) is 3. The van der Waals surface area contributed by atoms with Gasteiger partial charge in [-0.25, -0.2) is 0 Å². The van der Waals surface area contributed by atoms with E-state index in [1.165, 1.54) is 0 Å². The second-order valence-electron chi connectivity index (χ2n) is 2.56. The molecule has 1 atom stereocenters. The van der Waals surface area contributed by atoms with Gasteiger partial charge in [0.05, 0.1) is 6.04 Å². The lowest BCUT2D eigenvalue weighted by Crippen LogP contribution is -2.42. The molecule has 0 aromatic rings. The lowest BCUT2D eigenvalue weighted by Gasteiger charge is -2.12. The Labute approximate surface area is 78.7 Å². The number of carbonyl (C=O) groups excluding carboxylic acids is 1. The van der Waals surface area contributed by atoms with E-state index in [0.29, 0.717) is 6.54 Å². The van der Waals surface area contributed by atoms with Crippen molar-refractivity contribution in [3.8, 4) is 0 Å². The highest BCUT2D eigenvalue weighted by Crippen LogP contribution is 1.89. The second-order valence-corrected chi connectivity index (χ2v) is 3.55. The van der Waals surface area contributed by atoms with Crippen molar-refractivity contribution in [2.24, 2.45) is 0 Å². The Morgan fingerprint density at radius 3 is 2.75 bits per heavy atom. The SMILES string of the molecule is CCNC(=O)C(C)NCCSC. The van der Waals surface area contributed by atoms with E-state index in [-0.39, 0.29) is 11.9 Å². The zero-order valence-electron chi connectivity index (χ0n) is 8.02. The van der Waals surface area contributed by atoms with E-state index in [1.54, 1.807) is 11.8 Å². The van der Waals surface area contributed by atoms with E-state index in [0.717, 1.165) is 12.3 Å². The van der Waals surface area contributed by atoms with Gasteiger partial charge in [-0.05, 0) is 20.1 Å². The van der Waals surface area contributed by atoms with Crippen LogP contribution in [0.15, 0.2) is 0 Å². The highest BCUT2D eigenvalue weighted by molar-refractivity contribution is 7.98. The van der Waals surface area contributed by atoms with Crippen LogP contribution in [0.25, 0.3) is 0 Å². The maximum Gasteiger partial charge on any atom is 0.236 e. The van der Waals surface area contributed by atoms with Crippen molar-refractivity contribution in [1.29, 1.82) is 0 Å². The van der Waals surface area contributed by atoms with Crippen LogP contribution in [0.3, 0.4) is 0 Å². The minimum absolute atomic E-state index is 0.0721. The van der Waals surface area contributed by atoms with Gasteiger partial charge in [0.2, 0.25) is 5.91 Å². The fraction of sp³-hybridized carbons (Fsp3) is 0.875. The maximum atomic E-state index is 11.2. The molecule has 0 saturated heterocycles. The third-order valence-corrected chi connectivity index (χ3v) is 2.11. The van der Waals surface area contributed by atoms with E-state index in [4.69, 9.17) is 0 Å². The molecule has 1 unspecified atom stereocenters. The molecule has 0 bridgehead atoms. The quantitative estimate of drug-likeness (QED) is 0.598. The summed E-state index contributed by atoms with van der Waals surface area (Å²) in [6.45, 7) is 5.39. The van der Waals surface area contributed by atoms with Crippen LogP contribution in [0, 0.1) is 0 Å². The summed E-state index contributed by atoms with van der Waals surface area (Å²) in [5.74, 6) is 1.13. The predicted molar refractivity (Wildman–Crippen MR) is 54.5 cm³/mol. The summed E-state index contributed by atoms with van der Waals surface area (Å²) in [6, 6.07) is -0.0721. The van der Waals surface area contributed by atoms with Gasteiger partial charge in [0.15, 0.2) is 0 Å². The van der Waals surface area contributed by atoms with E-state index in [1.807, 2.05) is 13.8 Å². The molecule has 0 heterocycles. The van der Waals surface area contributed by atoms with Gasteiger partial charge in [-0.2, -0.15) is 11.8 Å². The number of rotatable bonds is 6. The molecule has 1 amide bonds. The van der Waals surface area contributed by atoms with E-state index in [9.17, 15) is 4.79 Å². The summed E-state index contributed by atoms with van der Waals surface area (Å²) in [4.78, 5) is 11.2. The Kier molecular flexibility index (Phi) is 7.29. The monoisotopic (exact) mass is 190 g/mol. The fourth-order valence-corrected chi connectivity index (χ4v) is 1.12. The second kappa shape index (κ2) is 7.43. The van der Waals surface area contributed by atoms with Gasteiger partial charge in [0, 0.05) is 18.8 Å². The van der Waals surface area contributed by atoms with Crippen LogP contribution in [0.1, 0.15) is 13.8 Å². The first-order chi connectivity index (χ1) is 5.72. The number of likely N-dealkylation sites (N-methyl/N-ethyl adjacent to an activating group) is 1. The van der Waals surface area contributed by atoms with Crippen molar-refractivity contribution in [2.75, 3.05) is 25.1 Å². The Hall–Kier alpha value is -0.220. The van der Waals surface area contributed by atoms with Crippen LogP contribution >= 0.6 is 11.8 Å². The number of carbonyl (C=O) groups is 1. The van der Waals surface area contributed by atoms with Crippen molar-refractivity contribution < 1.29 is 4.79 Å². The number of hydrogen-bond donors (Lipinski definition) is 2. The van der Waals surface area contributed by atoms with Gasteiger partial charge in [-0.3, -0.25) is 4.79 Å². The zero-order chi connectivity index (χ0) is 9.40. The lowest BCUT2D eigenvalue weighted by atomic mass is 10.3. The topological polar surface area (TPSA) is 41.1 Å². The molecule has 0 aliphatic rings. The molecule has 0 aliphatic carbocycles. The summed E-state index contributed by atoms with van der Waals surface area (Å²) in [5.41, 5.74) is 0. The first-order valence-corrected chi connectivity index (χ1v) is 5.61. The largest absolute Gasteiger partial charge is 0.355 e. The summed E-state index contributed by atoms with van der Waals surface area (Å²) in [7, 11) is 0. The molecular formula is C8H18N2OS. The molecule has 0 aliphatic heterocycles. The minimum atomic E-state index is -0.0721. The molecule has 4 heteroatoms. The van der Waals surface area contributed by atoms with Gasteiger partial charge in [0.25, 0.3) is 0 Å². The molecule has 0 radical (unpaired) electrons. The normalized spacial score (nSPS) is 12.6. The zero-order valence-corrected chi connectivity index (χ0v) is 8.83. The molecule has 72 valence electrons. The van der Waals surface area contributed by atoms with Crippen LogP contribution in [0.2, 0.25) is 0 Å². The molecule has 0 spiro atoms. The number of amides is 1.